The smallest absolute Gasteiger partial charge is 0.224 e. The fourth-order valence-corrected chi connectivity index (χ4v) is 3.67. The summed E-state index contributed by atoms with van der Waals surface area (Å²) in [6, 6.07) is 14.1. The van der Waals surface area contributed by atoms with Crippen LogP contribution < -0.4 is 14.8 Å². The van der Waals surface area contributed by atoms with E-state index in [0.29, 0.717) is 18.0 Å². The second kappa shape index (κ2) is 10.3. The molecule has 0 unspecified atom stereocenters. The Bertz CT molecular complexity index is 796. The molecule has 29 heavy (non-hydrogen) atoms. The number of carbonyl (C=O) groups is 1. The van der Waals surface area contributed by atoms with E-state index in [1.165, 1.54) is 31.5 Å². The molecule has 0 atom stereocenters. The molecule has 0 aromatic heterocycles. The first kappa shape index (κ1) is 21.2. The van der Waals surface area contributed by atoms with Crippen LogP contribution in [0.5, 0.6) is 11.5 Å². The normalized spacial score (nSPS) is 15.1. The van der Waals surface area contributed by atoms with E-state index in [1.54, 1.807) is 20.3 Å². The predicted octanol–water partition coefficient (Wildman–Crippen LogP) is 3.79. The summed E-state index contributed by atoms with van der Waals surface area (Å²) >= 11 is 0. The molecule has 2 aromatic carbocycles. The highest BCUT2D eigenvalue weighted by Gasteiger charge is 2.15. The van der Waals surface area contributed by atoms with Gasteiger partial charge in [0.05, 0.1) is 20.6 Å². The van der Waals surface area contributed by atoms with Crippen molar-refractivity contribution in [3.05, 3.63) is 59.2 Å². The van der Waals surface area contributed by atoms with Gasteiger partial charge < -0.3 is 14.8 Å². The second-order valence-corrected chi connectivity index (χ2v) is 7.91. The number of nitrogens with zero attached hydrogens (tertiary/aromatic N) is 1. The van der Waals surface area contributed by atoms with E-state index >= 15 is 0 Å². The van der Waals surface area contributed by atoms with Crippen LogP contribution in [-0.2, 0) is 24.3 Å². The van der Waals surface area contributed by atoms with E-state index in [-0.39, 0.29) is 12.3 Å². The standard InChI is InChI=1S/C24H32N2O3/c1-18-10-12-26(13-11-18)17-20-6-4-19(5-7-20)16-25-24(27)14-21-8-9-22(28-2)15-23(21)29-3/h4-9,15,18H,10-14,16-17H2,1-3H3,(H,25,27). The molecule has 0 radical (unpaired) electrons. The number of amides is 1. The Morgan fingerprint density at radius 3 is 2.38 bits per heavy atom. The van der Waals surface area contributed by atoms with Gasteiger partial charge in [0.15, 0.2) is 0 Å². The van der Waals surface area contributed by atoms with Crippen LogP contribution in [0.3, 0.4) is 0 Å². The molecule has 3 rings (SSSR count). The highest BCUT2D eigenvalue weighted by atomic mass is 16.5. The Labute approximate surface area is 174 Å². The van der Waals surface area contributed by atoms with Gasteiger partial charge in [-0.1, -0.05) is 37.3 Å². The molecule has 0 bridgehead atoms. The quantitative estimate of drug-likeness (QED) is 0.738. The summed E-state index contributed by atoms with van der Waals surface area (Å²) in [6.45, 7) is 6.25. The zero-order valence-electron chi connectivity index (χ0n) is 17.7. The van der Waals surface area contributed by atoms with Crippen LogP contribution in [0, 0.1) is 5.92 Å². The van der Waals surface area contributed by atoms with Crippen molar-refractivity contribution in [1.29, 1.82) is 0 Å². The minimum Gasteiger partial charge on any atom is -0.497 e. The predicted molar refractivity (Wildman–Crippen MR) is 115 cm³/mol. The number of carbonyl (C=O) groups excluding carboxylic acids is 1. The lowest BCUT2D eigenvalue weighted by Crippen LogP contribution is -2.32. The van der Waals surface area contributed by atoms with Crippen LogP contribution in [0.2, 0.25) is 0 Å². The van der Waals surface area contributed by atoms with Gasteiger partial charge in [-0.3, -0.25) is 9.69 Å². The van der Waals surface area contributed by atoms with Crippen molar-refractivity contribution in [3.8, 4) is 11.5 Å². The zero-order valence-corrected chi connectivity index (χ0v) is 17.7. The molecule has 1 aliphatic rings. The van der Waals surface area contributed by atoms with E-state index in [4.69, 9.17) is 9.47 Å². The summed E-state index contributed by atoms with van der Waals surface area (Å²) in [5.41, 5.74) is 3.28. The van der Waals surface area contributed by atoms with Gasteiger partial charge in [-0.25, -0.2) is 0 Å². The minimum absolute atomic E-state index is 0.0278. The maximum atomic E-state index is 12.4. The number of ether oxygens (including phenoxy) is 2. The van der Waals surface area contributed by atoms with Crippen molar-refractivity contribution in [2.75, 3.05) is 27.3 Å². The molecule has 156 valence electrons. The van der Waals surface area contributed by atoms with Crippen LogP contribution in [0.1, 0.15) is 36.5 Å². The lowest BCUT2D eigenvalue weighted by atomic mass is 9.99. The summed E-state index contributed by atoms with van der Waals surface area (Å²) in [5, 5.41) is 3.00. The van der Waals surface area contributed by atoms with Gasteiger partial charge in [-0.05, 0) is 49.0 Å². The van der Waals surface area contributed by atoms with Gasteiger partial charge in [0.1, 0.15) is 11.5 Å². The first-order chi connectivity index (χ1) is 14.1. The minimum atomic E-state index is -0.0278. The van der Waals surface area contributed by atoms with Crippen molar-refractivity contribution in [2.45, 2.75) is 39.3 Å². The first-order valence-corrected chi connectivity index (χ1v) is 10.3. The molecule has 2 aromatic rings. The SMILES string of the molecule is COc1ccc(CC(=O)NCc2ccc(CN3CCC(C)CC3)cc2)c(OC)c1. The average molecular weight is 397 g/mol. The van der Waals surface area contributed by atoms with E-state index in [1.807, 2.05) is 12.1 Å². The van der Waals surface area contributed by atoms with E-state index in [0.717, 1.165) is 23.6 Å². The maximum Gasteiger partial charge on any atom is 0.224 e. The molecule has 5 nitrogen and oxygen atoms in total. The van der Waals surface area contributed by atoms with Gasteiger partial charge in [0.25, 0.3) is 0 Å². The Kier molecular flexibility index (Phi) is 7.53. The number of hydrogen-bond donors (Lipinski definition) is 1. The Balaban J connectivity index is 1.48. The Hall–Kier alpha value is -2.53. The van der Waals surface area contributed by atoms with Crippen LogP contribution in [-0.4, -0.2) is 38.1 Å². The Morgan fingerprint density at radius 2 is 1.72 bits per heavy atom. The van der Waals surface area contributed by atoms with E-state index < -0.39 is 0 Å². The lowest BCUT2D eigenvalue weighted by molar-refractivity contribution is -0.120. The number of benzene rings is 2. The van der Waals surface area contributed by atoms with E-state index in [2.05, 4.69) is 41.4 Å². The van der Waals surface area contributed by atoms with Crippen LogP contribution >= 0.6 is 0 Å². The lowest BCUT2D eigenvalue weighted by Gasteiger charge is -2.30. The maximum absolute atomic E-state index is 12.4. The third-order valence-corrected chi connectivity index (χ3v) is 5.64. The van der Waals surface area contributed by atoms with E-state index in [9.17, 15) is 4.79 Å². The highest BCUT2D eigenvalue weighted by molar-refractivity contribution is 5.79. The molecule has 1 aliphatic heterocycles. The summed E-state index contributed by atoms with van der Waals surface area (Å²) in [7, 11) is 3.21. The topological polar surface area (TPSA) is 50.8 Å². The van der Waals surface area contributed by atoms with Gasteiger partial charge in [-0.15, -0.1) is 0 Å². The molecule has 0 saturated carbocycles. The van der Waals surface area contributed by atoms with Crippen molar-refractivity contribution in [3.63, 3.8) is 0 Å². The largest absolute Gasteiger partial charge is 0.497 e. The van der Waals surface area contributed by atoms with Gasteiger partial charge in [-0.2, -0.15) is 0 Å². The van der Waals surface area contributed by atoms with Crippen molar-refractivity contribution >= 4 is 5.91 Å². The van der Waals surface area contributed by atoms with Gasteiger partial charge in [0.2, 0.25) is 5.91 Å². The Morgan fingerprint density at radius 1 is 1.03 bits per heavy atom. The molecule has 1 amide bonds. The van der Waals surface area contributed by atoms with Gasteiger partial charge >= 0.3 is 0 Å². The van der Waals surface area contributed by atoms with Gasteiger partial charge in [0, 0.05) is 24.7 Å². The first-order valence-electron chi connectivity index (χ1n) is 10.3. The molecular formula is C24H32N2O3. The number of piperidine rings is 1. The average Bonchev–Trinajstić information content (AvgIpc) is 2.75. The number of nitrogens with one attached hydrogen (secondary N) is 1. The molecule has 0 aliphatic carbocycles. The molecule has 5 heteroatoms. The molecule has 0 spiro atoms. The van der Waals surface area contributed by atoms with Crippen LogP contribution in [0.15, 0.2) is 42.5 Å². The molecule has 1 heterocycles. The number of methoxy groups -OCH3 is 2. The molecule has 1 saturated heterocycles. The third kappa shape index (κ3) is 6.23. The fourth-order valence-electron chi connectivity index (χ4n) is 3.67. The monoisotopic (exact) mass is 396 g/mol. The summed E-state index contributed by atoms with van der Waals surface area (Å²) in [5.74, 6) is 2.20. The molecule has 1 N–H and O–H groups in total. The molecule has 1 fully saturated rings. The van der Waals surface area contributed by atoms with Crippen molar-refractivity contribution in [1.82, 2.24) is 10.2 Å². The molecular weight excluding hydrogens is 364 g/mol. The van der Waals surface area contributed by atoms with Crippen molar-refractivity contribution in [2.24, 2.45) is 5.92 Å². The van der Waals surface area contributed by atoms with Crippen LogP contribution in [0.25, 0.3) is 0 Å². The number of likely N-dealkylation sites (tertiary alicyclic amines) is 1. The number of rotatable bonds is 8. The third-order valence-electron chi connectivity index (χ3n) is 5.64. The summed E-state index contributed by atoms with van der Waals surface area (Å²) in [6.07, 6.45) is 2.87. The van der Waals surface area contributed by atoms with Crippen molar-refractivity contribution < 1.29 is 14.3 Å². The zero-order chi connectivity index (χ0) is 20.6. The highest BCUT2D eigenvalue weighted by Crippen LogP contribution is 2.25. The second-order valence-electron chi connectivity index (χ2n) is 7.91. The summed E-state index contributed by atoms with van der Waals surface area (Å²) < 4.78 is 10.6. The fraction of sp³-hybridized carbons (Fsp3) is 0.458. The summed E-state index contributed by atoms with van der Waals surface area (Å²) in [4.78, 5) is 14.9. The van der Waals surface area contributed by atoms with Crippen LogP contribution in [0.4, 0.5) is 0 Å². The number of hydrogen-bond acceptors (Lipinski definition) is 4.